The highest BCUT2D eigenvalue weighted by molar-refractivity contribution is 5.54. The predicted octanol–water partition coefficient (Wildman–Crippen LogP) is 3.47. The molecule has 2 rings (SSSR count). The van der Waals surface area contributed by atoms with Crippen LogP contribution in [0.3, 0.4) is 0 Å². The SMILES string of the molecule is CC(C)COc1nc(N2CCCCCCC2)ccc1N. The van der Waals surface area contributed by atoms with Gasteiger partial charge >= 0.3 is 0 Å². The number of aromatic nitrogens is 1. The van der Waals surface area contributed by atoms with Gasteiger partial charge in [0.25, 0.3) is 0 Å². The molecule has 0 unspecified atom stereocenters. The maximum Gasteiger partial charge on any atom is 0.239 e. The quantitative estimate of drug-likeness (QED) is 0.915. The highest BCUT2D eigenvalue weighted by Gasteiger charge is 2.13. The molecule has 1 fully saturated rings. The zero-order valence-corrected chi connectivity index (χ0v) is 12.8. The molecule has 0 atom stereocenters. The van der Waals surface area contributed by atoms with Crippen LogP contribution in [0.2, 0.25) is 0 Å². The van der Waals surface area contributed by atoms with E-state index in [2.05, 4.69) is 23.7 Å². The van der Waals surface area contributed by atoms with Gasteiger partial charge < -0.3 is 15.4 Å². The molecule has 2 N–H and O–H groups in total. The first kappa shape index (κ1) is 14.9. The lowest BCUT2D eigenvalue weighted by Crippen LogP contribution is -2.28. The summed E-state index contributed by atoms with van der Waals surface area (Å²) in [6.07, 6.45) is 6.50. The van der Waals surface area contributed by atoms with Gasteiger partial charge in [-0.1, -0.05) is 33.1 Å². The molecule has 1 aromatic rings. The van der Waals surface area contributed by atoms with Crippen molar-refractivity contribution in [3.63, 3.8) is 0 Å². The molecule has 1 aliphatic heterocycles. The van der Waals surface area contributed by atoms with Gasteiger partial charge in [-0.3, -0.25) is 0 Å². The van der Waals surface area contributed by atoms with Gasteiger partial charge in [0.2, 0.25) is 5.88 Å². The molecule has 0 amide bonds. The molecular weight excluding hydrogens is 250 g/mol. The third-order valence-electron chi connectivity index (χ3n) is 3.61. The van der Waals surface area contributed by atoms with E-state index in [4.69, 9.17) is 10.5 Å². The van der Waals surface area contributed by atoms with Crippen molar-refractivity contribution in [2.75, 3.05) is 30.3 Å². The molecule has 0 bridgehead atoms. The lowest BCUT2D eigenvalue weighted by Gasteiger charge is -2.26. The fourth-order valence-electron chi connectivity index (χ4n) is 2.46. The van der Waals surface area contributed by atoms with Gasteiger partial charge in [0.1, 0.15) is 5.82 Å². The third-order valence-corrected chi connectivity index (χ3v) is 3.61. The minimum absolute atomic E-state index is 0.474. The molecule has 1 aromatic heterocycles. The summed E-state index contributed by atoms with van der Waals surface area (Å²) in [7, 11) is 0. The van der Waals surface area contributed by atoms with Crippen molar-refractivity contribution in [1.82, 2.24) is 4.98 Å². The Labute approximate surface area is 122 Å². The lowest BCUT2D eigenvalue weighted by atomic mass is 10.1. The van der Waals surface area contributed by atoms with E-state index < -0.39 is 0 Å². The third kappa shape index (κ3) is 4.29. The van der Waals surface area contributed by atoms with Crippen molar-refractivity contribution < 1.29 is 4.74 Å². The van der Waals surface area contributed by atoms with Crippen LogP contribution in [-0.4, -0.2) is 24.7 Å². The van der Waals surface area contributed by atoms with Gasteiger partial charge in [-0.2, -0.15) is 4.98 Å². The molecule has 0 aromatic carbocycles. The largest absolute Gasteiger partial charge is 0.476 e. The van der Waals surface area contributed by atoms with Crippen molar-refractivity contribution in [2.24, 2.45) is 5.92 Å². The van der Waals surface area contributed by atoms with Gasteiger partial charge in [-0.05, 0) is 30.9 Å². The van der Waals surface area contributed by atoms with E-state index >= 15 is 0 Å². The molecule has 2 heterocycles. The molecule has 0 aliphatic carbocycles. The van der Waals surface area contributed by atoms with E-state index in [1.807, 2.05) is 12.1 Å². The standard InChI is InChI=1S/C16H27N3O/c1-13(2)12-20-16-14(17)8-9-15(18-16)19-10-6-4-3-5-7-11-19/h8-9,13H,3-7,10-12,17H2,1-2H3. The highest BCUT2D eigenvalue weighted by atomic mass is 16.5. The second-order valence-electron chi connectivity index (χ2n) is 6.02. The average Bonchev–Trinajstić information content (AvgIpc) is 2.38. The summed E-state index contributed by atoms with van der Waals surface area (Å²) < 4.78 is 5.72. The number of nitrogen functional groups attached to an aromatic ring is 1. The van der Waals surface area contributed by atoms with E-state index in [1.54, 1.807) is 0 Å². The predicted molar refractivity (Wildman–Crippen MR) is 84.3 cm³/mol. The van der Waals surface area contributed by atoms with Crippen LogP contribution in [0.5, 0.6) is 5.88 Å². The summed E-state index contributed by atoms with van der Waals surface area (Å²) in [6, 6.07) is 3.93. The van der Waals surface area contributed by atoms with Crippen LogP contribution in [0.15, 0.2) is 12.1 Å². The summed E-state index contributed by atoms with van der Waals surface area (Å²) in [6.45, 7) is 7.07. The van der Waals surface area contributed by atoms with Crippen molar-refractivity contribution in [2.45, 2.75) is 46.0 Å². The van der Waals surface area contributed by atoms with Crippen LogP contribution in [0, 0.1) is 5.92 Å². The Bertz CT molecular complexity index is 412. The summed E-state index contributed by atoms with van der Waals surface area (Å²) >= 11 is 0. The van der Waals surface area contributed by atoms with Crippen molar-refractivity contribution >= 4 is 11.5 Å². The first-order chi connectivity index (χ1) is 9.66. The molecular formula is C16H27N3O. The van der Waals surface area contributed by atoms with Crippen LogP contribution < -0.4 is 15.4 Å². The second kappa shape index (κ2) is 7.36. The lowest BCUT2D eigenvalue weighted by molar-refractivity contribution is 0.263. The van der Waals surface area contributed by atoms with Gasteiger partial charge in [0.05, 0.1) is 12.3 Å². The molecule has 0 radical (unpaired) electrons. The van der Waals surface area contributed by atoms with Gasteiger partial charge in [0, 0.05) is 13.1 Å². The fraction of sp³-hybridized carbons (Fsp3) is 0.688. The Kier molecular flexibility index (Phi) is 5.50. The Balaban J connectivity index is 2.08. The number of nitrogens with zero attached hydrogens (tertiary/aromatic N) is 2. The first-order valence-corrected chi connectivity index (χ1v) is 7.81. The minimum atomic E-state index is 0.474. The maximum atomic E-state index is 5.96. The minimum Gasteiger partial charge on any atom is -0.476 e. The van der Waals surface area contributed by atoms with E-state index in [1.165, 1.54) is 32.1 Å². The second-order valence-corrected chi connectivity index (χ2v) is 6.02. The topological polar surface area (TPSA) is 51.4 Å². The summed E-state index contributed by atoms with van der Waals surface area (Å²) in [5.41, 5.74) is 6.58. The normalized spacial score (nSPS) is 16.9. The number of ether oxygens (including phenoxy) is 1. The smallest absolute Gasteiger partial charge is 0.239 e. The summed E-state index contributed by atoms with van der Waals surface area (Å²) in [5, 5.41) is 0. The number of pyridine rings is 1. The Hall–Kier alpha value is -1.45. The van der Waals surface area contributed by atoms with Gasteiger partial charge in [-0.25, -0.2) is 0 Å². The van der Waals surface area contributed by atoms with Crippen LogP contribution in [0.4, 0.5) is 11.5 Å². The van der Waals surface area contributed by atoms with Crippen LogP contribution in [0.1, 0.15) is 46.0 Å². The van der Waals surface area contributed by atoms with Crippen LogP contribution >= 0.6 is 0 Å². The van der Waals surface area contributed by atoms with Gasteiger partial charge in [-0.15, -0.1) is 0 Å². The van der Waals surface area contributed by atoms with E-state index in [0.29, 0.717) is 24.1 Å². The number of anilines is 2. The van der Waals surface area contributed by atoms with Crippen molar-refractivity contribution in [1.29, 1.82) is 0 Å². The molecule has 0 saturated carbocycles. The van der Waals surface area contributed by atoms with E-state index in [-0.39, 0.29) is 0 Å². The summed E-state index contributed by atoms with van der Waals surface area (Å²) in [5.74, 6) is 2.06. The fourth-order valence-corrected chi connectivity index (χ4v) is 2.46. The van der Waals surface area contributed by atoms with Crippen molar-refractivity contribution in [3.05, 3.63) is 12.1 Å². The van der Waals surface area contributed by atoms with E-state index in [9.17, 15) is 0 Å². The summed E-state index contributed by atoms with van der Waals surface area (Å²) in [4.78, 5) is 6.98. The van der Waals surface area contributed by atoms with Crippen molar-refractivity contribution in [3.8, 4) is 5.88 Å². The van der Waals surface area contributed by atoms with Crippen LogP contribution in [-0.2, 0) is 0 Å². The molecule has 4 heteroatoms. The molecule has 1 aliphatic rings. The van der Waals surface area contributed by atoms with Gasteiger partial charge in [0.15, 0.2) is 0 Å². The maximum absolute atomic E-state index is 5.96. The Morgan fingerprint density at radius 3 is 2.45 bits per heavy atom. The average molecular weight is 277 g/mol. The molecule has 0 spiro atoms. The molecule has 1 saturated heterocycles. The van der Waals surface area contributed by atoms with E-state index in [0.717, 1.165) is 18.9 Å². The molecule has 4 nitrogen and oxygen atoms in total. The highest BCUT2D eigenvalue weighted by Crippen LogP contribution is 2.25. The molecule has 112 valence electrons. The van der Waals surface area contributed by atoms with Crippen LogP contribution in [0.25, 0.3) is 0 Å². The number of nitrogens with two attached hydrogens (primary N) is 1. The monoisotopic (exact) mass is 277 g/mol. The number of rotatable bonds is 4. The number of hydrogen-bond donors (Lipinski definition) is 1. The molecule has 20 heavy (non-hydrogen) atoms. The Morgan fingerprint density at radius 1 is 1.15 bits per heavy atom. The number of hydrogen-bond acceptors (Lipinski definition) is 4. The zero-order valence-electron chi connectivity index (χ0n) is 12.8. The zero-order chi connectivity index (χ0) is 14.4. The Morgan fingerprint density at radius 2 is 1.80 bits per heavy atom. The first-order valence-electron chi connectivity index (χ1n) is 7.81.